The molecule has 0 bridgehead atoms. The molecule has 0 spiro atoms. The summed E-state index contributed by atoms with van der Waals surface area (Å²) in [5.74, 6) is -0.0116. The number of hydrogen-bond donors (Lipinski definition) is 1. The first kappa shape index (κ1) is 18.2. The highest BCUT2D eigenvalue weighted by molar-refractivity contribution is 6.63. The molecule has 0 saturated carbocycles. The predicted molar refractivity (Wildman–Crippen MR) is 89.5 cm³/mol. The topological polar surface area (TPSA) is 64.6 Å². The van der Waals surface area contributed by atoms with Crippen LogP contribution in [0.15, 0.2) is 11.7 Å². The Kier molecular flexibility index (Phi) is 4.55. The third kappa shape index (κ3) is 3.11. The van der Waals surface area contributed by atoms with Gasteiger partial charge in [-0.2, -0.15) is 0 Å². The predicted octanol–water partition coefficient (Wildman–Crippen LogP) is 2.64. The second-order valence-corrected chi connectivity index (χ2v) is 8.26. The Balaban J connectivity index is 2.25. The quantitative estimate of drug-likeness (QED) is 0.639. The molecule has 1 amide bonds. The molecule has 1 saturated heterocycles. The molecule has 0 aliphatic carbocycles. The number of Topliss-reactive ketones (excluding diaryl/α,β-unsaturated/α-hetero) is 1. The van der Waals surface area contributed by atoms with Crippen LogP contribution in [0, 0.1) is 11.3 Å². The highest BCUT2D eigenvalue weighted by Crippen LogP contribution is 2.41. The number of carbonyl (C=O) groups is 2. The lowest BCUT2D eigenvalue weighted by molar-refractivity contribution is -0.140. The first-order valence-electron chi connectivity index (χ1n) is 8.32. The van der Waals surface area contributed by atoms with Crippen molar-refractivity contribution in [3.05, 3.63) is 11.7 Å². The summed E-state index contributed by atoms with van der Waals surface area (Å²) in [6.45, 7) is 13.6. The molecule has 1 atom stereocenters. The Hall–Kier alpha value is -1.14. The molecule has 2 aliphatic rings. The van der Waals surface area contributed by atoms with E-state index in [-0.39, 0.29) is 11.7 Å². The molecule has 2 heterocycles. The number of hydrogen-bond acceptors (Lipinski definition) is 4. The van der Waals surface area contributed by atoms with Crippen LogP contribution < -0.4 is 5.32 Å². The Labute approximate surface area is 139 Å². The van der Waals surface area contributed by atoms with Gasteiger partial charge in [0, 0.05) is 11.7 Å². The summed E-state index contributed by atoms with van der Waals surface area (Å²) in [5, 5.41) is 2.73. The van der Waals surface area contributed by atoms with Crippen LogP contribution in [0.5, 0.6) is 0 Å². The number of nitrogens with one attached hydrogen (secondary N) is 1. The van der Waals surface area contributed by atoms with Gasteiger partial charge in [0.05, 0.1) is 11.2 Å². The van der Waals surface area contributed by atoms with Crippen LogP contribution in [0.4, 0.5) is 0 Å². The molecule has 128 valence electrons. The standard InChI is InChI=1S/C17H28BNO4/c1-11(2)8-9-17(7)13(20)12(10-19-14(17)21)18-22-15(3,4)16(5,6)23-18/h10-11H,8-9H2,1-7H3,(H,19,21). The first-order chi connectivity index (χ1) is 10.4. The van der Waals surface area contributed by atoms with E-state index in [9.17, 15) is 9.59 Å². The van der Waals surface area contributed by atoms with Gasteiger partial charge in [-0.15, -0.1) is 0 Å². The molecule has 2 rings (SSSR count). The summed E-state index contributed by atoms with van der Waals surface area (Å²) in [4.78, 5) is 25.3. The molecular weight excluding hydrogens is 293 g/mol. The maximum Gasteiger partial charge on any atom is 0.500 e. The van der Waals surface area contributed by atoms with E-state index in [0.29, 0.717) is 17.8 Å². The van der Waals surface area contributed by atoms with Crippen molar-refractivity contribution < 1.29 is 18.9 Å². The van der Waals surface area contributed by atoms with Crippen LogP contribution in [-0.4, -0.2) is 30.0 Å². The fourth-order valence-corrected chi connectivity index (χ4v) is 2.74. The smallest absolute Gasteiger partial charge is 0.399 e. The normalized spacial score (nSPS) is 29.7. The number of carbonyl (C=O) groups excluding carboxylic acids is 2. The van der Waals surface area contributed by atoms with Gasteiger partial charge in [0.1, 0.15) is 5.41 Å². The van der Waals surface area contributed by atoms with Crippen LogP contribution in [0.1, 0.15) is 61.3 Å². The van der Waals surface area contributed by atoms with Crippen molar-refractivity contribution in [1.82, 2.24) is 5.32 Å². The van der Waals surface area contributed by atoms with E-state index >= 15 is 0 Å². The third-order valence-corrected chi connectivity index (χ3v) is 5.35. The molecule has 6 heteroatoms. The minimum atomic E-state index is -1.06. The number of amides is 1. The lowest BCUT2D eigenvalue weighted by Gasteiger charge is -2.32. The Morgan fingerprint density at radius 1 is 1.09 bits per heavy atom. The van der Waals surface area contributed by atoms with Crippen LogP contribution in [0.2, 0.25) is 0 Å². The maximum absolute atomic E-state index is 13.0. The van der Waals surface area contributed by atoms with E-state index in [2.05, 4.69) is 19.2 Å². The number of allylic oxidation sites excluding steroid dienone is 1. The van der Waals surface area contributed by atoms with E-state index in [0.717, 1.165) is 6.42 Å². The van der Waals surface area contributed by atoms with Gasteiger partial charge in [-0.25, -0.2) is 0 Å². The molecule has 0 aromatic heterocycles. The first-order valence-corrected chi connectivity index (χ1v) is 8.32. The van der Waals surface area contributed by atoms with Gasteiger partial charge < -0.3 is 14.6 Å². The highest BCUT2D eigenvalue weighted by Gasteiger charge is 2.57. The lowest BCUT2D eigenvalue weighted by atomic mass is 9.64. The second-order valence-electron chi connectivity index (χ2n) is 8.26. The van der Waals surface area contributed by atoms with Crippen molar-refractivity contribution in [2.45, 2.75) is 72.5 Å². The molecule has 5 nitrogen and oxygen atoms in total. The highest BCUT2D eigenvalue weighted by atomic mass is 16.7. The molecular formula is C17H28BNO4. The minimum absolute atomic E-state index is 0.194. The number of ketones is 1. The molecule has 2 aliphatic heterocycles. The maximum atomic E-state index is 13.0. The summed E-state index contributed by atoms with van der Waals surface area (Å²) >= 11 is 0. The molecule has 23 heavy (non-hydrogen) atoms. The lowest BCUT2D eigenvalue weighted by Crippen LogP contribution is -2.50. The molecule has 0 radical (unpaired) electrons. The molecule has 1 unspecified atom stereocenters. The summed E-state index contributed by atoms with van der Waals surface area (Å²) < 4.78 is 11.9. The van der Waals surface area contributed by atoms with Gasteiger partial charge in [0.2, 0.25) is 5.91 Å². The zero-order valence-corrected chi connectivity index (χ0v) is 15.3. The Morgan fingerprint density at radius 2 is 1.61 bits per heavy atom. The Bertz CT molecular complexity index is 537. The van der Waals surface area contributed by atoms with Crippen LogP contribution in [0.25, 0.3) is 0 Å². The van der Waals surface area contributed by atoms with Gasteiger partial charge in [-0.1, -0.05) is 13.8 Å². The third-order valence-electron chi connectivity index (χ3n) is 5.35. The van der Waals surface area contributed by atoms with E-state index in [1.54, 1.807) is 6.92 Å². The molecule has 0 aromatic carbocycles. The molecule has 0 aromatic rings. The Morgan fingerprint density at radius 3 is 2.09 bits per heavy atom. The van der Waals surface area contributed by atoms with E-state index < -0.39 is 23.7 Å². The summed E-state index contributed by atoms with van der Waals surface area (Å²) in [7, 11) is -0.744. The summed E-state index contributed by atoms with van der Waals surface area (Å²) in [5.41, 5.74) is -1.70. The fraction of sp³-hybridized carbons (Fsp3) is 0.765. The van der Waals surface area contributed by atoms with Crippen molar-refractivity contribution in [3.8, 4) is 0 Å². The monoisotopic (exact) mass is 321 g/mol. The molecule has 1 fully saturated rings. The van der Waals surface area contributed by atoms with Gasteiger partial charge >= 0.3 is 7.12 Å². The van der Waals surface area contributed by atoms with Crippen molar-refractivity contribution in [2.24, 2.45) is 11.3 Å². The van der Waals surface area contributed by atoms with Crippen molar-refractivity contribution in [2.75, 3.05) is 0 Å². The number of rotatable bonds is 4. The van der Waals surface area contributed by atoms with Gasteiger partial charge in [0.25, 0.3) is 0 Å². The van der Waals surface area contributed by atoms with Crippen LogP contribution >= 0.6 is 0 Å². The second kappa shape index (κ2) is 5.74. The van der Waals surface area contributed by atoms with Crippen molar-refractivity contribution in [3.63, 3.8) is 0 Å². The van der Waals surface area contributed by atoms with Crippen molar-refractivity contribution in [1.29, 1.82) is 0 Å². The SMILES string of the molecule is CC(C)CCC1(C)C(=O)NC=C(B2OC(C)(C)C(C)(C)O2)C1=O. The van der Waals surface area contributed by atoms with E-state index in [1.165, 1.54) is 6.20 Å². The summed E-state index contributed by atoms with van der Waals surface area (Å²) in [6, 6.07) is 0. The van der Waals surface area contributed by atoms with Crippen molar-refractivity contribution >= 4 is 18.8 Å². The van der Waals surface area contributed by atoms with Gasteiger partial charge in [-0.3, -0.25) is 9.59 Å². The van der Waals surface area contributed by atoms with Crippen LogP contribution in [-0.2, 0) is 18.9 Å². The van der Waals surface area contributed by atoms with E-state index in [1.807, 2.05) is 27.7 Å². The summed E-state index contributed by atoms with van der Waals surface area (Å²) in [6.07, 6.45) is 2.78. The average molecular weight is 321 g/mol. The fourth-order valence-electron chi connectivity index (χ4n) is 2.74. The zero-order valence-electron chi connectivity index (χ0n) is 15.3. The zero-order chi connectivity index (χ0) is 17.6. The van der Waals surface area contributed by atoms with Gasteiger partial charge in [-0.05, 0) is 53.4 Å². The largest absolute Gasteiger partial charge is 0.500 e. The minimum Gasteiger partial charge on any atom is -0.399 e. The molecule has 1 N–H and O–H groups in total. The van der Waals surface area contributed by atoms with Crippen LogP contribution in [0.3, 0.4) is 0 Å². The van der Waals surface area contributed by atoms with E-state index in [4.69, 9.17) is 9.31 Å². The van der Waals surface area contributed by atoms with Gasteiger partial charge in [0.15, 0.2) is 5.78 Å². The average Bonchev–Trinajstić information content (AvgIpc) is 2.63.